The summed E-state index contributed by atoms with van der Waals surface area (Å²) < 4.78 is 1.28. The van der Waals surface area contributed by atoms with E-state index in [1.54, 1.807) is 11.0 Å². The van der Waals surface area contributed by atoms with Crippen molar-refractivity contribution in [1.29, 1.82) is 0 Å². The lowest BCUT2D eigenvalue weighted by Crippen LogP contribution is -2.42. The van der Waals surface area contributed by atoms with Crippen LogP contribution in [-0.4, -0.2) is 48.9 Å². The molecule has 0 bridgehead atoms. The van der Waals surface area contributed by atoms with Crippen molar-refractivity contribution in [2.45, 2.75) is 39.2 Å². The van der Waals surface area contributed by atoms with Crippen molar-refractivity contribution in [3.8, 4) is 0 Å². The molecule has 0 saturated carbocycles. The lowest BCUT2D eigenvalue weighted by Gasteiger charge is -2.31. The highest BCUT2D eigenvalue weighted by atomic mass is 16.2. The summed E-state index contributed by atoms with van der Waals surface area (Å²) in [6, 6.07) is 7.35. The van der Waals surface area contributed by atoms with Gasteiger partial charge in [0.1, 0.15) is 12.4 Å². The van der Waals surface area contributed by atoms with E-state index in [2.05, 4.69) is 20.3 Å². The molecule has 2 aromatic heterocycles. The Balaban J connectivity index is 1.54. The van der Waals surface area contributed by atoms with Gasteiger partial charge in [-0.05, 0) is 32.8 Å². The SMILES string of the molecule is Cc1nc(C2CCCN(C(=O)Cn3nc(C)c4ccccc4c3=O)C2)n[nH]1. The molecular formula is C19H22N6O2. The Bertz CT molecular complexity index is 1050. The van der Waals surface area contributed by atoms with Gasteiger partial charge in [0.2, 0.25) is 5.91 Å². The van der Waals surface area contributed by atoms with Crippen LogP contribution < -0.4 is 5.56 Å². The van der Waals surface area contributed by atoms with Gasteiger partial charge in [-0.25, -0.2) is 9.67 Å². The second-order valence-electron chi connectivity index (χ2n) is 7.05. The van der Waals surface area contributed by atoms with Gasteiger partial charge < -0.3 is 4.90 Å². The van der Waals surface area contributed by atoms with Gasteiger partial charge >= 0.3 is 0 Å². The molecule has 1 aliphatic heterocycles. The zero-order valence-corrected chi connectivity index (χ0v) is 15.5. The van der Waals surface area contributed by atoms with Crippen LogP contribution in [0.4, 0.5) is 0 Å². The highest BCUT2D eigenvalue weighted by Crippen LogP contribution is 2.24. The van der Waals surface area contributed by atoms with Crippen molar-refractivity contribution in [1.82, 2.24) is 29.9 Å². The first-order valence-corrected chi connectivity index (χ1v) is 9.16. The molecule has 0 spiro atoms. The van der Waals surface area contributed by atoms with Crippen molar-refractivity contribution in [2.24, 2.45) is 0 Å². The molecule has 1 atom stereocenters. The third-order valence-corrected chi connectivity index (χ3v) is 5.09. The van der Waals surface area contributed by atoms with Crippen molar-refractivity contribution in [2.75, 3.05) is 13.1 Å². The Hall–Kier alpha value is -3.03. The summed E-state index contributed by atoms with van der Waals surface area (Å²) in [7, 11) is 0. The largest absolute Gasteiger partial charge is 0.340 e. The fraction of sp³-hybridized carbons (Fsp3) is 0.421. The number of nitrogens with one attached hydrogen (secondary N) is 1. The van der Waals surface area contributed by atoms with E-state index in [1.165, 1.54) is 4.68 Å². The maximum absolute atomic E-state index is 12.8. The van der Waals surface area contributed by atoms with E-state index in [4.69, 9.17) is 0 Å². The number of nitrogens with zero attached hydrogens (tertiary/aromatic N) is 5. The highest BCUT2D eigenvalue weighted by molar-refractivity contribution is 5.83. The summed E-state index contributed by atoms with van der Waals surface area (Å²) in [5, 5.41) is 12.9. The Morgan fingerprint density at radius 3 is 2.78 bits per heavy atom. The molecule has 8 nitrogen and oxygen atoms in total. The fourth-order valence-electron chi connectivity index (χ4n) is 3.70. The summed E-state index contributed by atoms with van der Waals surface area (Å²) in [6.45, 7) is 4.91. The lowest BCUT2D eigenvalue weighted by atomic mass is 9.97. The molecule has 0 aliphatic carbocycles. The van der Waals surface area contributed by atoms with E-state index in [0.717, 1.165) is 35.6 Å². The summed E-state index contributed by atoms with van der Waals surface area (Å²) in [6.07, 6.45) is 1.84. The molecule has 1 unspecified atom stereocenters. The van der Waals surface area contributed by atoms with Gasteiger partial charge in [0.25, 0.3) is 5.56 Å². The number of fused-ring (bicyclic) bond motifs is 1. The van der Waals surface area contributed by atoms with Gasteiger partial charge in [0.05, 0.1) is 11.1 Å². The molecule has 1 amide bonds. The fourth-order valence-corrected chi connectivity index (χ4v) is 3.70. The molecule has 1 aliphatic rings. The topological polar surface area (TPSA) is 96.8 Å². The van der Waals surface area contributed by atoms with Gasteiger partial charge in [0.15, 0.2) is 5.82 Å². The number of hydrogen-bond acceptors (Lipinski definition) is 5. The Morgan fingerprint density at radius 1 is 1.26 bits per heavy atom. The number of aromatic nitrogens is 5. The van der Waals surface area contributed by atoms with Crippen LogP contribution in [0.15, 0.2) is 29.1 Å². The molecule has 4 rings (SSSR count). The maximum atomic E-state index is 12.8. The first-order chi connectivity index (χ1) is 13.0. The highest BCUT2D eigenvalue weighted by Gasteiger charge is 2.27. The molecule has 1 N–H and O–H groups in total. The number of carbonyl (C=O) groups is 1. The molecule has 0 radical (unpaired) electrons. The van der Waals surface area contributed by atoms with Crippen LogP contribution >= 0.6 is 0 Å². The van der Waals surface area contributed by atoms with Crippen LogP contribution in [0.5, 0.6) is 0 Å². The minimum absolute atomic E-state index is 0.0513. The number of rotatable bonds is 3. The summed E-state index contributed by atoms with van der Waals surface area (Å²) in [5.74, 6) is 1.55. The maximum Gasteiger partial charge on any atom is 0.275 e. The standard InChI is InChI=1S/C19H22N6O2/c1-12-15-7-3-4-8-16(15)19(27)25(23-12)11-17(26)24-9-5-6-14(10-24)18-20-13(2)21-22-18/h3-4,7-8,14H,5-6,9-11H2,1-2H3,(H,20,21,22). The number of piperidine rings is 1. The van der Waals surface area contributed by atoms with E-state index in [9.17, 15) is 9.59 Å². The predicted octanol–water partition coefficient (Wildman–Crippen LogP) is 1.54. The number of aromatic amines is 1. The number of likely N-dealkylation sites (tertiary alicyclic amines) is 1. The van der Waals surface area contributed by atoms with E-state index < -0.39 is 0 Å². The smallest absolute Gasteiger partial charge is 0.275 e. The van der Waals surface area contributed by atoms with Crippen LogP contribution in [0.25, 0.3) is 10.8 Å². The number of benzene rings is 1. The monoisotopic (exact) mass is 366 g/mol. The second kappa shape index (κ2) is 6.94. The molecule has 1 saturated heterocycles. The zero-order chi connectivity index (χ0) is 19.0. The van der Waals surface area contributed by atoms with E-state index in [0.29, 0.717) is 18.5 Å². The molecular weight excluding hydrogens is 344 g/mol. The molecule has 1 aromatic carbocycles. The van der Waals surface area contributed by atoms with E-state index in [1.807, 2.05) is 32.0 Å². The average molecular weight is 366 g/mol. The molecule has 3 heterocycles. The molecule has 3 aromatic rings. The minimum atomic E-state index is -0.234. The van der Waals surface area contributed by atoms with Crippen LogP contribution in [0.2, 0.25) is 0 Å². The number of H-pyrrole nitrogens is 1. The van der Waals surface area contributed by atoms with Crippen LogP contribution in [0.3, 0.4) is 0 Å². The number of amides is 1. The first-order valence-electron chi connectivity index (χ1n) is 9.16. The van der Waals surface area contributed by atoms with Gasteiger partial charge in [-0.1, -0.05) is 18.2 Å². The number of hydrogen-bond donors (Lipinski definition) is 1. The van der Waals surface area contributed by atoms with Crippen molar-refractivity contribution >= 4 is 16.7 Å². The van der Waals surface area contributed by atoms with Gasteiger partial charge in [-0.15, -0.1) is 0 Å². The van der Waals surface area contributed by atoms with Gasteiger partial charge in [0, 0.05) is 24.4 Å². The summed E-state index contributed by atoms with van der Waals surface area (Å²) in [4.78, 5) is 31.7. The second-order valence-corrected chi connectivity index (χ2v) is 7.05. The van der Waals surface area contributed by atoms with E-state index >= 15 is 0 Å². The third kappa shape index (κ3) is 3.34. The van der Waals surface area contributed by atoms with Crippen LogP contribution in [-0.2, 0) is 11.3 Å². The van der Waals surface area contributed by atoms with Crippen molar-refractivity contribution < 1.29 is 4.79 Å². The quantitative estimate of drug-likeness (QED) is 0.758. The third-order valence-electron chi connectivity index (χ3n) is 5.09. The number of carbonyl (C=O) groups excluding carboxylic acids is 1. The van der Waals surface area contributed by atoms with Crippen LogP contribution in [0.1, 0.15) is 36.1 Å². The number of aryl methyl sites for hydroxylation is 2. The summed E-state index contributed by atoms with van der Waals surface area (Å²) in [5.41, 5.74) is 0.508. The molecule has 8 heteroatoms. The predicted molar refractivity (Wildman–Crippen MR) is 100 cm³/mol. The Labute approximate surface area is 156 Å². The van der Waals surface area contributed by atoms with Gasteiger partial charge in [-0.3, -0.25) is 14.7 Å². The minimum Gasteiger partial charge on any atom is -0.340 e. The van der Waals surface area contributed by atoms with Crippen molar-refractivity contribution in [3.63, 3.8) is 0 Å². The molecule has 1 fully saturated rings. The molecule has 27 heavy (non-hydrogen) atoms. The van der Waals surface area contributed by atoms with Crippen LogP contribution in [0, 0.1) is 13.8 Å². The lowest BCUT2D eigenvalue weighted by molar-refractivity contribution is -0.133. The summed E-state index contributed by atoms with van der Waals surface area (Å²) >= 11 is 0. The Morgan fingerprint density at radius 2 is 2.04 bits per heavy atom. The molecule has 140 valence electrons. The van der Waals surface area contributed by atoms with E-state index in [-0.39, 0.29) is 23.9 Å². The van der Waals surface area contributed by atoms with Gasteiger partial charge in [-0.2, -0.15) is 10.2 Å². The first kappa shape index (κ1) is 17.4. The zero-order valence-electron chi connectivity index (χ0n) is 15.5. The normalized spacial score (nSPS) is 17.4. The van der Waals surface area contributed by atoms with Crippen molar-refractivity contribution in [3.05, 3.63) is 52.0 Å². The average Bonchev–Trinajstić information content (AvgIpc) is 3.12. The Kier molecular flexibility index (Phi) is 4.47.